The molecule has 1 unspecified atom stereocenters. The normalized spacial score (nSPS) is 23.9. The monoisotopic (exact) mass is 198 g/mol. The Morgan fingerprint density at radius 3 is 2.86 bits per heavy atom. The fourth-order valence-corrected chi connectivity index (χ4v) is 2.08. The molecule has 0 aromatic heterocycles. The highest BCUT2D eigenvalue weighted by Gasteiger charge is 2.19. The van der Waals surface area contributed by atoms with Crippen molar-refractivity contribution in [1.82, 2.24) is 10.2 Å². The first-order valence-electron chi connectivity index (χ1n) is 5.56. The van der Waals surface area contributed by atoms with Gasteiger partial charge < -0.3 is 10.2 Å². The van der Waals surface area contributed by atoms with Crippen LogP contribution < -0.4 is 5.32 Å². The van der Waals surface area contributed by atoms with Crippen molar-refractivity contribution in [3.05, 3.63) is 0 Å². The molecule has 1 heterocycles. The third kappa shape index (κ3) is 4.09. The maximum absolute atomic E-state index is 11.5. The molecule has 1 aliphatic heterocycles. The van der Waals surface area contributed by atoms with Crippen LogP contribution in [-0.4, -0.2) is 37.0 Å². The largest absolute Gasteiger partial charge is 0.354 e. The van der Waals surface area contributed by atoms with Crippen LogP contribution in [0, 0.1) is 5.92 Å². The minimum Gasteiger partial charge on any atom is -0.354 e. The third-order valence-electron chi connectivity index (χ3n) is 2.65. The molecule has 0 saturated carbocycles. The van der Waals surface area contributed by atoms with Gasteiger partial charge in [0.1, 0.15) is 0 Å². The van der Waals surface area contributed by atoms with Crippen molar-refractivity contribution in [2.45, 2.75) is 39.2 Å². The Bertz CT molecular complexity index is 192. The maximum atomic E-state index is 11.5. The number of likely N-dealkylation sites (tertiary alicyclic amines) is 1. The molecule has 1 N–H and O–H groups in total. The van der Waals surface area contributed by atoms with Crippen LogP contribution in [0.15, 0.2) is 0 Å². The van der Waals surface area contributed by atoms with Gasteiger partial charge in [0.2, 0.25) is 5.91 Å². The molecule has 0 spiro atoms. The van der Waals surface area contributed by atoms with E-state index < -0.39 is 0 Å². The van der Waals surface area contributed by atoms with Crippen LogP contribution in [0.25, 0.3) is 0 Å². The molecule has 3 nitrogen and oxygen atoms in total. The van der Waals surface area contributed by atoms with E-state index in [0.29, 0.717) is 12.3 Å². The van der Waals surface area contributed by atoms with Gasteiger partial charge in [0.15, 0.2) is 0 Å². The Kier molecular flexibility index (Phi) is 4.39. The summed E-state index contributed by atoms with van der Waals surface area (Å²) in [6, 6.07) is 0.267. The van der Waals surface area contributed by atoms with Gasteiger partial charge in [0, 0.05) is 19.0 Å². The van der Waals surface area contributed by atoms with E-state index in [1.807, 2.05) is 13.8 Å². The SMILES string of the molecule is CC(C)NC(=O)CC1CCCN(C)C1. The Labute approximate surface area is 86.9 Å². The predicted octanol–water partition coefficient (Wildman–Crippen LogP) is 1.24. The topological polar surface area (TPSA) is 32.3 Å². The Morgan fingerprint density at radius 1 is 1.57 bits per heavy atom. The zero-order chi connectivity index (χ0) is 10.6. The molecule has 1 atom stereocenters. The van der Waals surface area contributed by atoms with Crippen LogP contribution in [0.4, 0.5) is 0 Å². The highest BCUT2D eigenvalue weighted by molar-refractivity contribution is 5.76. The maximum Gasteiger partial charge on any atom is 0.220 e. The Balaban J connectivity index is 2.25. The molecule has 14 heavy (non-hydrogen) atoms. The smallest absolute Gasteiger partial charge is 0.220 e. The van der Waals surface area contributed by atoms with Crippen LogP contribution in [-0.2, 0) is 4.79 Å². The molecule has 0 aromatic rings. The van der Waals surface area contributed by atoms with E-state index >= 15 is 0 Å². The standard InChI is InChI=1S/C11H22N2O/c1-9(2)12-11(14)7-10-5-4-6-13(3)8-10/h9-10H,4-8H2,1-3H3,(H,12,14). The number of carbonyl (C=O) groups excluding carboxylic acids is 1. The van der Waals surface area contributed by atoms with E-state index in [1.165, 1.54) is 19.4 Å². The van der Waals surface area contributed by atoms with Crippen LogP contribution in [0.1, 0.15) is 33.1 Å². The molecular weight excluding hydrogens is 176 g/mol. The summed E-state index contributed by atoms with van der Waals surface area (Å²) >= 11 is 0. The number of nitrogens with zero attached hydrogens (tertiary/aromatic N) is 1. The second kappa shape index (κ2) is 5.35. The van der Waals surface area contributed by atoms with Crippen molar-refractivity contribution in [3.8, 4) is 0 Å². The average Bonchev–Trinajstić information content (AvgIpc) is 2.01. The first-order valence-corrected chi connectivity index (χ1v) is 5.56. The summed E-state index contributed by atoms with van der Waals surface area (Å²) in [4.78, 5) is 13.8. The van der Waals surface area contributed by atoms with E-state index in [-0.39, 0.29) is 11.9 Å². The zero-order valence-electron chi connectivity index (χ0n) is 9.55. The fraction of sp³-hybridized carbons (Fsp3) is 0.909. The summed E-state index contributed by atoms with van der Waals surface area (Å²) in [7, 11) is 2.13. The van der Waals surface area contributed by atoms with Crippen molar-refractivity contribution in [1.29, 1.82) is 0 Å². The lowest BCUT2D eigenvalue weighted by atomic mass is 9.95. The number of hydrogen-bond acceptors (Lipinski definition) is 2. The molecule has 1 fully saturated rings. The molecule has 1 aliphatic rings. The number of hydrogen-bond donors (Lipinski definition) is 1. The number of rotatable bonds is 3. The van der Waals surface area contributed by atoms with Crippen molar-refractivity contribution >= 4 is 5.91 Å². The third-order valence-corrected chi connectivity index (χ3v) is 2.65. The summed E-state index contributed by atoms with van der Waals surface area (Å²) < 4.78 is 0. The van der Waals surface area contributed by atoms with Crippen molar-refractivity contribution < 1.29 is 4.79 Å². The summed E-state index contributed by atoms with van der Waals surface area (Å²) in [5, 5.41) is 2.95. The molecule has 0 aromatic carbocycles. The van der Waals surface area contributed by atoms with Gasteiger partial charge in [-0.25, -0.2) is 0 Å². The second-order valence-corrected chi connectivity index (χ2v) is 4.70. The number of piperidine rings is 1. The molecule has 0 aliphatic carbocycles. The Morgan fingerprint density at radius 2 is 2.29 bits per heavy atom. The number of carbonyl (C=O) groups is 1. The number of nitrogens with one attached hydrogen (secondary N) is 1. The lowest BCUT2D eigenvalue weighted by Gasteiger charge is -2.29. The molecule has 3 heteroatoms. The molecule has 1 saturated heterocycles. The highest BCUT2D eigenvalue weighted by atomic mass is 16.1. The summed E-state index contributed by atoms with van der Waals surface area (Å²) in [5.74, 6) is 0.771. The van der Waals surface area contributed by atoms with Crippen molar-refractivity contribution in [3.63, 3.8) is 0 Å². The average molecular weight is 198 g/mol. The first kappa shape index (κ1) is 11.5. The van der Waals surface area contributed by atoms with Gasteiger partial charge >= 0.3 is 0 Å². The lowest BCUT2D eigenvalue weighted by Crippen LogP contribution is -2.37. The minimum atomic E-state index is 0.209. The zero-order valence-corrected chi connectivity index (χ0v) is 9.55. The van der Waals surface area contributed by atoms with Gasteiger partial charge in [0.25, 0.3) is 0 Å². The summed E-state index contributed by atoms with van der Waals surface area (Å²) in [6.45, 7) is 6.27. The highest BCUT2D eigenvalue weighted by Crippen LogP contribution is 2.18. The van der Waals surface area contributed by atoms with Gasteiger partial charge in [0.05, 0.1) is 0 Å². The van der Waals surface area contributed by atoms with Gasteiger partial charge in [-0.15, -0.1) is 0 Å². The molecule has 0 bridgehead atoms. The van der Waals surface area contributed by atoms with Gasteiger partial charge in [-0.2, -0.15) is 0 Å². The molecule has 1 amide bonds. The summed E-state index contributed by atoms with van der Waals surface area (Å²) in [6.07, 6.45) is 3.13. The summed E-state index contributed by atoms with van der Waals surface area (Å²) in [5.41, 5.74) is 0. The number of amides is 1. The van der Waals surface area contributed by atoms with E-state index in [2.05, 4.69) is 17.3 Å². The van der Waals surface area contributed by atoms with E-state index in [0.717, 1.165) is 6.54 Å². The molecule has 1 rings (SSSR count). The predicted molar refractivity (Wildman–Crippen MR) is 58.1 cm³/mol. The van der Waals surface area contributed by atoms with Crippen LogP contribution in [0.5, 0.6) is 0 Å². The first-order chi connectivity index (χ1) is 6.58. The van der Waals surface area contributed by atoms with E-state index in [1.54, 1.807) is 0 Å². The van der Waals surface area contributed by atoms with Crippen molar-refractivity contribution in [2.75, 3.05) is 20.1 Å². The Hall–Kier alpha value is -0.570. The van der Waals surface area contributed by atoms with Gasteiger partial charge in [-0.05, 0) is 46.2 Å². The van der Waals surface area contributed by atoms with Crippen LogP contribution >= 0.6 is 0 Å². The van der Waals surface area contributed by atoms with Gasteiger partial charge in [-0.1, -0.05) is 0 Å². The quantitative estimate of drug-likeness (QED) is 0.740. The van der Waals surface area contributed by atoms with Crippen LogP contribution in [0.3, 0.4) is 0 Å². The minimum absolute atomic E-state index is 0.209. The van der Waals surface area contributed by atoms with Gasteiger partial charge in [-0.3, -0.25) is 4.79 Å². The van der Waals surface area contributed by atoms with Crippen molar-refractivity contribution in [2.24, 2.45) is 5.92 Å². The molecular formula is C11H22N2O. The fourth-order valence-electron chi connectivity index (χ4n) is 2.08. The lowest BCUT2D eigenvalue weighted by molar-refractivity contribution is -0.122. The second-order valence-electron chi connectivity index (χ2n) is 4.70. The molecule has 82 valence electrons. The van der Waals surface area contributed by atoms with Crippen LogP contribution in [0.2, 0.25) is 0 Å². The van der Waals surface area contributed by atoms with E-state index in [4.69, 9.17) is 0 Å². The van der Waals surface area contributed by atoms with E-state index in [9.17, 15) is 4.79 Å². The molecule has 0 radical (unpaired) electrons.